The van der Waals surface area contributed by atoms with Crippen molar-refractivity contribution in [2.45, 2.75) is 142 Å². The van der Waals surface area contributed by atoms with Gasteiger partial charge in [-0.15, -0.1) is 0 Å². The van der Waals surface area contributed by atoms with Crippen LogP contribution >= 0.6 is 7.82 Å². The van der Waals surface area contributed by atoms with E-state index in [-0.39, 0.29) is 6.61 Å². The average Bonchev–Trinajstić information content (AvgIpc) is 2.59. The first kappa shape index (κ1) is 40.9. The van der Waals surface area contributed by atoms with E-state index >= 15 is 0 Å². The van der Waals surface area contributed by atoms with E-state index in [0.717, 1.165) is 6.29 Å². The van der Waals surface area contributed by atoms with Crippen LogP contribution in [-0.2, 0) is 35.6 Å². The molecule has 40 heavy (non-hydrogen) atoms. The SMILES string of the molecule is C[Si](C)(C)N[C@@H](C=O)[C@@H](O[Si](C)(C)C)[C@H](O[Si](C)(C)C)[C@@H](COP(=O)(O[Si](C)(C)C)O[Si](C)(C)C)O[Si](C)(C)C. The van der Waals surface area contributed by atoms with Crippen LogP contribution in [0.3, 0.4) is 0 Å². The number of carbonyl (C=O) groups excluding carboxylic acids is 1. The second-order valence-corrected chi connectivity index (χ2v) is 45.6. The van der Waals surface area contributed by atoms with E-state index in [9.17, 15) is 9.36 Å². The molecule has 1 N–H and O–H groups in total. The van der Waals surface area contributed by atoms with Crippen molar-refractivity contribution < 1.29 is 35.6 Å². The van der Waals surface area contributed by atoms with Gasteiger partial charge >= 0.3 is 7.82 Å². The average molecular weight is 692 g/mol. The lowest BCUT2D eigenvalue weighted by Crippen LogP contribution is -2.63. The minimum absolute atomic E-state index is 0.0737. The van der Waals surface area contributed by atoms with Gasteiger partial charge in [0, 0.05) is 0 Å². The molecule has 0 bridgehead atoms. The maximum Gasteiger partial charge on any atom is 0.455 e. The molecule has 0 saturated heterocycles. The summed E-state index contributed by atoms with van der Waals surface area (Å²) in [7, 11) is -17.0. The van der Waals surface area contributed by atoms with Gasteiger partial charge in [0.1, 0.15) is 14.5 Å². The Bertz CT molecular complexity index is 821. The highest BCUT2D eigenvalue weighted by molar-refractivity contribution is 7.52. The monoisotopic (exact) mass is 691 g/mol. The zero-order chi connectivity index (χ0) is 32.2. The van der Waals surface area contributed by atoms with Crippen LogP contribution in [0.2, 0.25) is 118 Å². The fourth-order valence-corrected chi connectivity index (χ4v) is 14.9. The Morgan fingerprint density at radius 2 is 0.975 bits per heavy atom. The third kappa shape index (κ3) is 20.0. The molecule has 240 valence electrons. The van der Waals surface area contributed by atoms with Crippen molar-refractivity contribution in [2.75, 3.05) is 6.61 Å². The summed E-state index contributed by atoms with van der Waals surface area (Å²) in [5, 5.41) is 0. The van der Waals surface area contributed by atoms with Crippen LogP contribution in [0.4, 0.5) is 0 Å². The van der Waals surface area contributed by atoms with Crippen LogP contribution < -0.4 is 4.98 Å². The highest BCUT2D eigenvalue weighted by atomic mass is 31.2. The molecule has 0 radical (unpaired) electrons. The molecule has 0 aliphatic carbocycles. The smallest absolute Gasteiger partial charge is 0.410 e. The van der Waals surface area contributed by atoms with Crippen LogP contribution in [0.25, 0.3) is 0 Å². The zero-order valence-electron chi connectivity index (χ0n) is 28.8. The van der Waals surface area contributed by atoms with Crippen molar-refractivity contribution in [2.24, 2.45) is 0 Å². The minimum atomic E-state index is -3.90. The Morgan fingerprint density at radius 1 is 0.600 bits per heavy atom. The molecule has 0 unspecified atom stereocenters. The van der Waals surface area contributed by atoms with Gasteiger partial charge in [-0.2, -0.15) is 0 Å². The van der Waals surface area contributed by atoms with E-state index < -0.39 is 82.0 Å². The van der Waals surface area contributed by atoms with Gasteiger partial charge < -0.3 is 31.5 Å². The number of carbonyl (C=O) groups is 1. The topological polar surface area (TPSA) is 102 Å². The highest BCUT2D eigenvalue weighted by Gasteiger charge is 2.46. The van der Waals surface area contributed by atoms with Gasteiger partial charge in [0.25, 0.3) is 0 Å². The molecular weight excluding hydrogens is 630 g/mol. The number of phosphoric acid groups is 1. The molecule has 0 aromatic rings. The van der Waals surface area contributed by atoms with Crippen LogP contribution in [0.1, 0.15) is 0 Å². The van der Waals surface area contributed by atoms with Gasteiger partial charge in [-0.1, -0.05) is 19.6 Å². The highest BCUT2D eigenvalue weighted by Crippen LogP contribution is 2.54. The van der Waals surface area contributed by atoms with Crippen molar-refractivity contribution in [3.8, 4) is 0 Å². The quantitative estimate of drug-likeness (QED) is 0.0840. The molecule has 0 fully saturated rings. The van der Waals surface area contributed by atoms with Gasteiger partial charge in [-0.3, -0.25) is 4.52 Å². The predicted molar refractivity (Wildman–Crippen MR) is 183 cm³/mol. The summed E-state index contributed by atoms with van der Waals surface area (Å²) in [4.78, 5) is 16.2. The van der Waals surface area contributed by atoms with Crippen LogP contribution in [-0.4, -0.2) is 87.1 Å². The first-order chi connectivity index (χ1) is 17.3. The Balaban J connectivity index is 6.93. The Morgan fingerprint density at radius 3 is 1.27 bits per heavy atom. The Kier molecular flexibility index (Phi) is 15.1. The summed E-state index contributed by atoms with van der Waals surface area (Å²) in [6.45, 7) is 37.0. The second-order valence-electron chi connectivity index (χ2n) is 16.4. The molecule has 0 heterocycles. The van der Waals surface area contributed by atoms with Crippen molar-refractivity contribution in [1.29, 1.82) is 0 Å². The first-order valence-electron chi connectivity index (χ1n) is 14.3. The van der Waals surface area contributed by atoms with E-state index in [4.69, 9.17) is 26.2 Å². The summed E-state index contributed by atoms with van der Waals surface area (Å²) >= 11 is 0. The van der Waals surface area contributed by atoms with E-state index in [1.165, 1.54) is 0 Å². The minimum Gasteiger partial charge on any atom is -0.410 e. The zero-order valence-corrected chi connectivity index (χ0v) is 35.7. The third-order valence-corrected chi connectivity index (χ3v) is 15.2. The third-order valence-electron chi connectivity index (χ3n) is 4.44. The molecule has 16 heteroatoms. The summed E-state index contributed by atoms with van der Waals surface area (Å²) in [6.07, 6.45) is -0.989. The summed E-state index contributed by atoms with van der Waals surface area (Å²) in [5.74, 6) is 0. The van der Waals surface area contributed by atoms with Crippen molar-refractivity contribution in [1.82, 2.24) is 4.98 Å². The molecule has 0 aliphatic heterocycles. The molecule has 4 atom stereocenters. The molecule has 0 aromatic heterocycles. The van der Waals surface area contributed by atoms with Crippen molar-refractivity contribution >= 4 is 63.9 Å². The number of hydrogen-bond acceptors (Lipinski definition) is 9. The molecule has 0 spiro atoms. The molecule has 0 amide bonds. The molecule has 0 rings (SSSR count). The normalized spacial score (nSPS) is 17.9. The Hall–Kier alpha value is 0.921. The summed E-state index contributed by atoms with van der Waals surface area (Å²) in [6, 6.07) is -0.601. The number of aldehydes is 1. The molecule has 0 saturated carbocycles. The number of hydrogen-bond donors (Lipinski definition) is 1. The van der Waals surface area contributed by atoms with Crippen LogP contribution in [0, 0.1) is 0 Å². The lowest BCUT2D eigenvalue weighted by Gasteiger charge is -2.44. The van der Waals surface area contributed by atoms with Crippen molar-refractivity contribution in [3.63, 3.8) is 0 Å². The Labute approximate surface area is 252 Å². The molecular formula is C24H62NO8PSi6. The maximum atomic E-state index is 14.0. The summed E-state index contributed by atoms with van der Waals surface area (Å²) in [5.41, 5.74) is 0. The van der Waals surface area contributed by atoms with Gasteiger partial charge in [-0.25, -0.2) is 4.57 Å². The second kappa shape index (κ2) is 14.8. The summed E-state index contributed by atoms with van der Waals surface area (Å²) < 4.78 is 52.6. The standard InChI is InChI=1S/C24H62NO8PSi6/c1-35(2,3)25-21(19-26)23(30-37(7,8)9)24(31-38(10,11)12)22(29-36(4,5)6)20-28-34(27,32-39(13,14)15)33-40(16,17)18/h19,21-25H,20H2,1-18H3/t21-,22+,23+,24+/m0/s1. The van der Waals surface area contributed by atoms with Gasteiger partial charge in [0.15, 0.2) is 41.6 Å². The van der Waals surface area contributed by atoms with Crippen molar-refractivity contribution in [3.05, 3.63) is 0 Å². The van der Waals surface area contributed by atoms with Gasteiger partial charge in [0.2, 0.25) is 0 Å². The lowest BCUT2D eigenvalue weighted by atomic mass is 10.0. The largest absolute Gasteiger partial charge is 0.455 e. The van der Waals surface area contributed by atoms with Crippen LogP contribution in [0.5, 0.6) is 0 Å². The molecule has 0 aliphatic rings. The van der Waals surface area contributed by atoms with E-state index in [0.29, 0.717) is 0 Å². The van der Waals surface area contributed by atoms with E-state index in [2.05, 4.69) is 83.5 Å². The van der Waals surface area contributed by atoms with Gasteiger partial charge in [-0.05, 0) is 98.2 Å². The lowest BCUT2D eigenvalue weighted by molar-refractivity contribution is -0.115. The van der Waals surface area contributed by atoms with E-state index in [1.807, 2.05) is 39.3 Å². The van der Waals surface area contributed by atoms with Crippen LogP contribution in [0.15, 0.2) is 0 Å². The maximum absolute atomic E-state index is 14.0. The number of nitrogens with one attached hydrogen (secondary N) is 1. The molecule has 0 aromatic carbocycles. The fraction of sp³-hybridized carbons (Fsp3) is 0.958. The number of rotatable bonds is 19. The predicted octanol–water partition coefficient (Wildman–Crippen LogP) is 7.47. The molecule has 9 nitrogen and oxygen atoms in total. The first-order valence-corrected chi connectivity index (χ1v) is 36.3. The van der Waals surface area contributed by atoms with E-state index in [1.54, 1.807) is 0 Å². The van der Waals surface area contributed by atoms with Gasteiger partial charge in [0.05, 0.1) is 31.0 Å². The fourth-order valence-electron chi connectivity index (χ4n) is 3.77.